The monoisotopic (exact) mass is 353 g/mol. The number of hydrogen-bond acceptors (Lipinski definition) is 5. The van der Waals surface area contributed by atoms with Crippen LogP contribution < -0.4 is 10.1 Å². The molecular weight excluding hydrogens is 334 g/mol. The summed E-state index contributed by atoms with van der Waals surface area (Å²) in [6.45, 7) is 2.05. The fourth-order valence-corrected chi connectivity index (χ4v) is 3.41. The molecular formula is C19H19N3O2S. The molecule has 128 valence electrons. The second kappa shape index (κ2) is 7.98. The minimum Gasteiger partial charge on any atom is -0.496 e. The summed E-state index contributed by atoms with van der Waals surface area (Å²) >= 11 is 1.41. The van der Waals surface area contributed by atoms with Gasteiger partial charge in [-0.2, -0.15) is 5.10 Å². The van der Waals surface area contributed by atoms with Crippen LogP contribution in [0.2, 0.25) is 0 Å². The van der Waals surface area contributed by atoms with Crippen molar-refractivity contribution in [2.75, 3.05) is 7.11 Å². The lowest BCUT2D eigenvalue weighted by Crippen LogP contribution is -2.25. The van der Waals surface area contributed by atoms with Gasteiger partial charge in [0, 0.05) is 5.56 Å². The number of methoxy groups -OCH3 is 1. The third-order valence-corrected chi connectivity index (χ3v) is 4.87. The van der Waals surface area contributed by atoms with Gasteiger partial charge in [-0.15, -0.1) is 5.10 Å². The van der Waals surface area contributed by atoms with E-state index in [0.29, 0.717) is 11.6 Å². The van der Waals surface area contributed by atoms with Crippen molar-refractivity contribution in [1.29, 1.82) is 0 Å². The Morgan fingerprint density at radius 2 is 1.96 bits per heavy atom. The molecule has 0 aromatic heterocycles. The van der Waals surface area contributed by atoms with E-state index in [1.54, 1.807) is 13.3 Å². The first-order valence-corrected chi connectivity index (χ1v) is 8.81. The average Bonchev–Trinajstić information content (AvgIpc) is 2.97. The predicted octanol–water partition coefficient (Wildman–Crippen LogP) is 3.17. The number of para-hydroxylation sites is 1. The maximum absolute atomic E-state index is 12.1. The van der Waals surface area contributed by atoms with Crippen LogP contribution >= 0.6 is 11.8 Å². The minimum absolute atomic E-state index is 0.0307. The largest absolute Gasteiger partial charge is 0.496 e. The molecule has 1 fully saturated rings. The van der Waals surface area contributed by atoms with E-state index in [4.69, 9.17) is 4.74 Å². The minimum atomic E-state index is -0.178. The molecule has 1 aliphatic rings. The molecule has 5 nitrogen and oxygen atoms in total. The van der Waals surface area contributed by atoms with Crippen LogP contribution in [0.5, 0.6) is 5.75 Å². The van der Waals surface area contributed by atoms with Crippen LogP contribution in [0.3, 0.4) is 0 Å². The molecule has 1 saturated heterocycles. The van der Waals surface area contributed by atoms with Gasteiger partial charge in [-0.3, -0.25) is 4.79 Å². The van der Waals surface area contributed by atoms with E-state index in [0.717, 1.165) is 16.9 Å². The Bertz CT molecular complexity index is 816. The molecule has 6 heteroatoms. The van der Waals surface area contributed by atoms with E-state index >= 15 is 0 Å². The van der Waals surface area contributed by atoms with Gasteiger partial charge in [-0.25, -0.2) is 0 Å². The van der Waals surface area contributed by atoms with Crippen molar-refractivity contribution in [1.82, 2.24) is 5.32 Å². The SMILES string of the molecule is COc1ccccc1/C=N/N=C1/NC(=O)C(Cc2ccc(C)cc2)S1. The zero-order valence-corrected chi connectivity index (χ0v) is 14.9. The molecule has 0 saturated carbocycles. The number of carbonyl (C=O) groups excluding carboxylic acids is 1. The summed E-state index contributed by atoms with van der Waals surface area (Å²) in [6, 6.07) is 15.8. The summed E-state index contributed by atoms with van der Waals surface area (Å²) in [4.78, 5) is 12.1. The summed E-state index contributed by atoms with van der Waals surface area (Å²) < 4.78 is 5.26. The lowest BCUT2D eigenvalue weighted by molar-refractivity contribution is -0.118. The Hall–Kier alpha value is -2.60. The van der Waals surface area contributed by atoms with Crippen molar-refractivity contribution in [2.45, 2.75) is 18.6 Å². The van der Waals surface area contributed by atoms with Gasteiger partial charge < -0.3 is 10.1 Å². The lowest BCUT2D eigenvalue weighted by atomic mass is 10.1. The third kappa shape index (κ3) is 4.48. The number of carbonyl (C=O) groups is 1. The van der Waals surface area contributed by atoms with Gasteiger partial charge in [0.2, 0.25) is 5.91 Å². The molecule has 0 aliphatic carbocycles. The molecule has 2 aromatic carbocycles. The highest BCUT2D eigenvalue weighted by molar-refractivity contribution is 8.15. The van der Waals surface area contributed by atoms with Crippen LogP contribution in [0.15, 0.2) is 58.7 Å². The van der Waals surface area contributed by atoms with Crippen LogP contribution in [0.1, 0.15) is 16.7 Å². The zero-order valence-electron chi connectivity index (χ0n) is 14.1. The van der Waals surface area contributed by atoms with Gasteiger partial charge in [0.1, 0.15) is 5.75 Å². The number of rotatable bonds is 5. The molecule has 1 aliphatic heterocycles. The molecule has 0 radical (unpaired) electrons. The highest BCUT2D eigenvalue weighted by atomic mass is 32.2. The average molecular weight is 353 g/mol. The van der Waals surface area contributed by atoms with Gasteiger partial charge in [0.05, 0.1) is 18.6 Å². The highest BCUT2D eigenvalue weighted by Gasteiger charge is 2.30. The molecule has 1 heterocycles. The zero-order chi connectivity index (χ0) is 17.6. The molecule has 2 aromatic rings. The predicted molar refractivity (Wildman–Crippen MR) is 102 cm³/mol. The second-order valence-electron chi connectivity index (χ2n) is 5.68. The van der Waals surface area contributed by atoms with Crippen molar-refractivity contribution < 1.29 is 9.53 Å². The Kier molecular flexibility index (Phi) is 5.50. The van der Waals surface area contributed by atoms with Gasteiger partial charge in [-0.1, -0.05) is 53.7 Å². The number of thioether (sulfide) groups is 1. The summed E-state index contributed by atoms with van der Waals surface area (Å²) in [6.07, 6.45) is 2.29. The summed E-state index contributed by atoms with van der Waals surface area (Å²) in [5, 5.41) is 11.3. The number of amides is 1. The van der Waals surface area contributed by atoms with Crippen molar-refractivity contribution >= 4 is 29.1 Å². The first kappa shape index (κ1) is 17.2. The Labute approximate surface area is 151 Å². The number of ether oxygens (including phenoxy) is 1. The number of hydrogen-bond donors (Lipinski definition) is 1. The first-order chi connectivity index (χ1) is 12.2. The first-order valence-electron chi connectivity index (χ1n) is 7.93. The molecule has 1 amide bonds. The van der Waals surface area contributed by atoms with Crippen LogP contribution in [-0.4, -0.2) is 29.6 Å². The summed E-state index contributed by atoms with van der Waals surface area (Å²) in [5.41, 5.74) is 3.18. The molecule has 1 atom stereocenters. The summed E-state index contributed by atoms with van der Waals surface area (Å²) in [5.74, 6) is 0.698. The molecule has 3 rings (SSSR count). The van der Waals surface area contributed by atoms with E-state index in [2.05, 4.69) is 39.8 Å². The maximum atomic E-state index is 12.1. The highest BCUT2D eigenvalue weighted by Crippen LogP contribution is 2.23. The van der Waals surface area contributed by atoms with Gasteiger partial charge >= 0.3 is 0 Å². The quantitative estimate of drug-likeness (QED) is 0.663. The maximum Gasteiger partial charge on any atom is 0.239 e. The number of amidine groups is 1. The van der Waals surface area contributed by atoms with E-state index < -0.39 is 0 Å². The summed E-state index contributed by atoms with van der Waals surface area (Å²) in [7, 11) is 1.61. The second-order valence-corrected chi connectivity index (χ2v) is 6.87. The molecule has 1 N–H and O–H groups in total. The van der Waals surface area contributed by atoms with Crippen molar-refractivity contribution in [3.8, 4) is 5.75 Å². The van der Waals surface area contributed by atoms with Crippen LogP contribution in [0, 0.1) is 6.92 Å². The number of nitrogens with zero attached hydrogens (tertiary/aromatic N) is 2. The van der Waals surface area contributed by atoms with Crippen molar-refractivity contribution in [3.05, 3.63) is 65.2 Å². The Morgan fingerprint density at radius 1 is 1.20 bits per heavy atom. The van der Waals surface area contributed by atoms with E-state index in [1.807, 2.05) is 31.2 Å². The molecule has 1 unspecified atom stereocenters. The lowest BCUT2D eigenvalue weighted by Gasteiger charge is -2.05. The molecule has 0 bridgehead atoms. The third-order valence-electron chi connectivity index (χ3n) is 3.80. The van der Waals surface area contributed by atoms with E-state index in [-0.39, 0.29) is 11.2 Å². The van der Waals surface area contributed by atoms with Gasteiger partial charge in [0.15, 0.2) is 5.17 Å². The van der Waals surface area contributed by atoms with Crippen LogP contribution in [-0.2, 0) is 11.2 Å². The fourth-order valence-electron chi connectivity index (χ4n) is 2.44. The van der Waals surface area contributed by atoms with E-state index in [9.17, 15) is 4.79 Å². The smallest absolute Gasteiger partial charge is 0.239 e. The van der Waals surface area contributed by atoms with Crippen LogP contribution in [0.4, 0.5) is 0 Å². The van der Waals surface area contributed by atoms with Crippen LogP contribution in [0.25, 0.3) is 0 Å². The molecule has 25 heavy (non-hydrogen) atoms. The van der Waals surface area contributed by atoms with Gasteiger partial charge in [-0.05, 0) is 31.0 Å². The molecule has 0 spiro atoms. The fraction of sp³-hybridized carbons (Fsp3) is 0.211. The number of nitrogens with one attached hydrogen (secondary N) is 1. The Balaban J connectivity index is 1.64. The number of benzene rings is 2. The normalized spacial score (nSPS) is 18.7. The van der Waals surface area contributed by atoms with Gasteiger partial charge in [0.25, 0.3) is 0 Å². The van der Waals surface area contributed by atoms with Crippen molar-refractivity contribution in [3.63, 3.8) is 0 Å². The van der Waals surface area contributed by atoms with E-state index in [1.165, 1.54) is 17.3 Å². The number of aryl methyl sites for hydroxylation is 1. The standard InChI is InChI=1S/C19H19N3O2S/c1-13-7-9-14(10-8-13)11-17-18(23)21-19(25-17)22-20-12-15-5-3-4-6-16(15)24-2/h3-10,12,17H,11H2,1-2H3,(H,21,22,23)/b20-12+. The Morgan fingerprint density at radius 3 is 2.72 bits per heavy atom. The topological polar surface area (TPSA) is 63.1 Å². The van der Waals surface area contributed by atoms with Crippen molar-refractivity contribution in [2.24, 2.45) is 10.2 Å².